The first-order valence-electron chi connectivity index (χ1n) is 21.8. The summed E-state index contributed by atoms with van der Waals surface area (Å²) in [6.07, 6.45) is 11.6. The molecule has 2 aromatic heterocycles. The van der Waals surface area contributed by atoms with Crippen LogP contribution in [-0.4, -0.2) is 75.5 Å². The zero-order valence-electron chi connectivity index (χ0n) is 35.2. The van der Waals surface area contributed by atoms with Crippen molar-refractivity contribution >= 4 is 52.0 Å². The predicted molar refractivity (Wildman–Crippen MR) is 234 cm³/mol. The summed E-state index contributed by atoms with van der Waals surface area (Å²) in [6, 6.07) is 23.2. The minimum absolute atomic E-state index is 0.151. The fourth-order valence-electron chi connectivity index (χ4n) is 7.24. The summed E-state index contributed by atoms with van der Waals surface area (Å²) in [5, 5.41) is 19.4. The van der Waals surface area contributed by atoms with E-state index in [0.29, 0.717) is 71.1 Å². The van der Waals surface area contributed by atoms with Gasteiger partial charge in [-0.3, -0.25) is 29.3 Å². The van der Waals surface area contributed by atoms with Crippen LogP contribution in [0.15, 0.2) is 72.8 Å². The van der Waals surface area contributed by atoms with E-state index in [1.807, 2.05) is 43.3 Å². The molecule has 0 aliphatic rings. The SMILES string of the molecule is CCCC(NC(=O)NCCCCCCCC(=O)CCCCCCC(=O)NC(CCCCN(Cc1ccc2ccccc2n1)Cc1ccc2ccccc2n1)OC=O)C(=O)O. The van der Waals surface area contributed by atoms with Crippen LogP contribution in [0.2, 0.25) is 0 Å². The van der Waals surface area contributed by atoms with Crippen LogP contribution in [-0.2, 0) is 37.0 Å². The number of Topliss-reactive ketones (excluding diaryl/α,β-unsaturated/α-hetero) is 1. The number of ketones is 1. The number of carbonyl (C=O) groups excluding carboxylic acids is 4. The molecular formula is C47H64N6O7. The lowest BCUT2D eigenvalue weighted by Gasteiger charge is -2.23. The summed E-state index contributed by atoms with van der Waals surface area (Å²) < 4.78 is 5.24. The van der Waals surface area contributed by atoms with Crippen LogP contribution in [0, 0.1) is 0 Å². The molecule has 13 heteroatoms. The highest BCUT2D eigenvalue weighted by Gasteiger charge is 2.18. The number of carboxylic acids is 1. The van der Waals surface area contributed by atoms with Gasteiger partial charge in [0.1, 0.15) is 11.8 Å². The van der Waals surface area contributed by atoms with E-state index in [1.165, 1.54) is 0 Å². The smallest absolute Gasteiger partial charge is 0.326 e. The number of carbonyl (C=O) groups is 5. The Kier molecular flexibility index (Phi) is 21.5. The average Bonchev–Trinajstić information content (AvgIpc) is 3.24. The van der Waals surface area contributed by atoms with Gasteiger partial charge in [-0.15, -0.1) is 0 Å². The van der Waals surface area contributed by atoms with Gasteiger partial charge < -0.3 is 25.8 Å². The van der Waals surface area contributed by atoms with E-state index in [9.17, 15) is 24.0 Å². The number of nitrogens with one attached hydrogen (secondary N) is 3. The molecule has 2 atom stereocenters. The van der Waals surface area contributed by atoms with Gasteiger partial charge in [-0.05, 0) is 75.8 Å². The third-order valence-corrected chi connectivity index (χ3v) is 10.5. The summed E-state index contributed by atoms with van der Waals surface area (Å²) in [5.41, 5.74) is 3.88. The summed E-state index contributed by atoms with van der Waals surface area (Å²) in [5.74, 6) is -0.916. The van der Waals surface area contributed by atoms with E-state index < -0.39 is 24.3 Å². The molecule has 4 N–H and O–H groups in total. The first-order chi connectivity index (χ1) is 29.2. The number of ether oxygens (including phenoxy) is 1. The van der Waals surface area contributed by atoms with Gasteiger partial charge in [0.2, 0.25) is 5.91 Å². The third-order valence-electron chi connectivity index (χ3n) is 10.5. The van der Waals surface area contributed by atoms with Gasteiger partial charge in [0.15, 0.2) is 6.23 Å². The van der Waals surface area contributed by atoms with Crippen molar-refractivity contribution in [2.24, 2.45) is 0 Å². The van der Waals surface area contributed by atoms with Gasteiger partial charge >= 0.3 is 12.0 Å². The molecule has 0 aliphatic carbocycles. The molecule has 0 saturated heterocycles. The summed E-state index contributed by atoms with van der Waals surface area (Å²) in [7, 11) is 0. The highest BCUT2D eigenvalue weighted by molar-refractivity contribution is 5.82. The molecule has 4 rings (SSSR count). The zero-order chi connectivity index (χ0) is 42.8. The molecule has 0 aliphatic heterocycles. The molecule has 0 fully saturated rings. The Morgan fingerprint density at radius 3 is 1.83 bits per heavy atom. The lowest BCUT2D eigenvalue weighted by molar-refractivity contribution is -0.140. The zero-order valence-corrected chi connectivity index (χ0v) is 35.2. The number of rotatable bonds is 31. The summed E-state index contributed by atoms with van der Waals surface area (Å²) >= 11 is 0. The van der Waals surface area contributed by atoms with E-state index in [2.05, 4.69) is 57.2 Å². The Labute approximate surface area is 354 Å². The molecule has 0 radical (unpaired) electrons. The Morgan fingerprint density at radius 2 is 1.25 bits per heavy atom. The van der Waals surface area contributed by atoms with Gasteiger partial charge in [-0.2, -0.15) is 0 Å². The van der Waals surface area contributed by atoms with E-state index in [1.54, 1.807) is 0 Å². The number of unbranched alkanes of at least 4 members (excludes halogenated alkanes) is 8. The lowest BCUT2D eigenvalue weighted by Crippen LogP contribution is -2.46. The van der Waals surface area contributed by atoms with Gasteiger partial charge in [-0.25, -0.2) is 9.59 Å². The third kappa shape index (κ3) is 18.2. The molecular weight excluding hydrogens is 761 g/mol. The molecule has 13 nitrogen and oxygen atoms in total. The van der Waals surface area contributed by atoms with E-state index in [-0.39, 0.29) is 11.7 Å². The highest BCUT2D eigenvalue weighted by Crippen LogP contribution is 2.18. The van der Waals surface area contributed by atoms with Gasteiger partial charge in [0, 0.05) is 56.1 Å². The Balaban J connectivity index is 1.06. The molecule has 324 valence electrons. The maximum absolute atomic E-state index is 12.7. The number of aliphatic carboxylic acids is 1. The number of pyridine rings is 2. The number of aromatic nitrogens is 2. The Hall–Kier alpha value is -5.43. The largest absolute Gasteiger partial charge is 0.480 e. The number of hydrogen-bond donors (Lipinski definition) is 4. The second-order valence-corrected chi connectivity index (χ2v) is 15.5. The standard InChI is InChI=1S/C47H64N6O7/c1-2-18-43(46(57)58)51-47(59)48-31-16-7-3-4-8-21-40(55)22-9-5-6-10-25-44(56)52-45(60-35-54)26-15-17-32-53(33-38-29-27-36-19-11-13-23-41(36)49-38)34-39-30-28-37-20-12-14-24-42(37)50-39/h11-14,19-20,23-24,27-30,35,43,45H,2-10,15-18,21-22,25-26,31-34H2,1H3,(H,52,56)(H,57,58)(H2,48,51,59). The average molecular weight is 825 g/mol. The summed E-state index contributed by atoms with van der Waals surface area (Å²) in [6.45, 7) is 4.83. The number of carboxylic acid groups (broad SMARTS) is 1. The second kappa shape index (κ2) is 27.4. The summed E-state index contributed by atoms with van der Waals surface area (Å²) in [4.78, 5) is 71.5. The van der Waals surface area contributed by atoms with Crippen molar-refractivity contribution in [3.63, 3.8) is 0 Å². The maximum Gasteiger partial charge on any atom is 0.326 e. The van der Waals surface area contributed by atoms with Crippen LogP contribution in [0.4, 0.5) is 4.79 Å². The number of nitrogens with zero attached hydrogens (tertiary/aromatic N) is 3. The molecule has 60 heavy (non-hydrogen) atoms. The molecule has 2 aromatic carbocycles. The normalized spacial score (nSPS) is 12.2. The lowest BCUT2D eigenvalue weighted by atomic mass is 10.0. The van der Waals surface area contributed by atoms with Crippen molar-refractivity contribution in [2.75, 3.05) is 13.1 Å². The minimum atomic E-state index is -1.03. The van der Waals surface area contributed by atoms with E-state index in [4.69, 9.17) is 19.8 Å². The van der Waals surface area contributed by atoms with Crippen molar-refractivity contribution in [3.05, 3.63) is 84.2 Å². The van der Waals surface area contributed by atoms with Crippen molar-refractivity contribution in [1.82, 2.24) is 30.8 Å². The van der Waals surface area contributed by atoms with E-state index >= 15 is 0 Å². The first kappa shape index (κ1) is 47.3. The maximum atomic E-state index is 12.7. The molecule has 2 heterocycles. The predicted octanol–water partition coefficient (Wildman–Crippen LogP) is 8.37. The van der Waals surface area contributed by atoms with Gasteiger partial charge in [-0.1, -0.05) is 94.0 Å². The number of amides is 3. The first-order valence-corrected chi connectivity index (χ1v) is 21.8. The van der Waals surface area contributed by atoms with Crippen LogP contribution in [0.3, 0.4) is 0 Å². The fourth-order valence-corrected chi connectivity index (χ4v) is 7.24. The highest BCUT2D eigenvalue weighted by atomic mass is 16.5. The number of urea groups is 1. The topological polar surface area (TPSA) is 180 Å². The van der Waals surface area contributed by atoms with Crippen LogP contribution in [0.5, 0.6) is 0 Å². The number of para-hydroxylation sites is 2. The molecule has 0 bridgehead atoms. The fraction of sp³-hybridized carbons (Fsp3) is 0.511. The van der Waals surface area contributed by atoms with Crippen molar-refractivity contribution < 1.29 is 33.8 Å². The number of hydrogen-bond acceptors (Lipinski definition) is 9. The quantitative estimate of drug-likeness (QED) is 0.0219. The van der Waals surface area contributed by atoms with Crippen LogP contribution < -0.4 is 16.0 Å². The van der Waals surface area contributed by atoms with Gasteiger partial charge in [0.05, 0.1) is 22.4 Å². The minimum Gasteiger partial charge on any atom is -0.480 e. The number of benzene rings is 2. The molecule has 3 amide bonds. The second-order valence-electron chi connectivity index (χ2n) is 15.5. The van der Waals surface area contributed by atoms with Crippen LogP contribution in [0.25, 0.3) is 21.8 Å². The Bertz CT molecular complexity index is 1860. The van der Waals surface area contributed by atoms with Gasteiger partial charge in [0.25, 0.3) is 6.47 Å². The van der Waals surface area contributed by atoms with Crippen molar-refractivity contribution in [2.45, 2.75) is 141 Å². The Morgan fingerprint density at radius 1 is 0.683 bits per heavy atom. The number of fused-ring (bicyclic) bond motifs is 2. The van der Waals surface area contributed by atoms with Crippen LogP contribution >= 0.6 is 0 Å². The van der Waals surface area contributed by atoms with Crippen LogP contribution in [0.1, 0.15) is 127 Å². The molecule has 4 aromatic rings. The molecule has 0 spiro atoms. The van der Waals surface area contributed by atoms with E-state index in [0.717, 1.165) is 104 Å². The monoisotopic (exact) mass is 824 g/mol. The van der Waals surface area contributed by atoms with Crippen molar-refractivity contribution in [3.8, 4) is 0 Å². The molecule has 2 unspecified atom stereocenters. The molecule has 0 saturated carbocycles. The van der Waals surface area contributed by atoms with Crippen molar-refractivity contribution in [1.29, 1.82) is 0 Å².